The Bertz CT molecular complexity index is 1050. The lowest BCUT2D eigenvalue weighted by Crippen LogP contribution is -2.58. The average molecular weight is 541 g/mol. The number of thioether (sulfide) groups is 1. The van der Waals surface area contributed by atoms with Gasteiger partial charge in [-0.3, -0.25) is 14.4 Å². The number of carbonyl (C=O) groups excluding carboxylic acids is 3. The number of carbonyl (C=O) groups is 3. The highest BCUT2D eigenvalue weighted by Crippen LogP contribution is 2.69. The van der Waals surface area contributed by atoms with Crippen LogP contribution >= 0.6 is 11.8 Å². The van der Waals surface area contributed by atoms with Crippen molar-refractivity contribution in [1.82, 2.24) is 9.80 Å². The SMILES string of the molecule is C=CCCCCOC(=O)[C@@H]1[C@H]2C(=O)N([C@H](C)CO)C(C(=O)N(CC=C)Cc3ccccc3)C23S[C@@H]1CC3C. The molecule has 206 valence electrons. The van der Waals surface area contributed by atoms with Crippen molar-refractivity contribution < 1.29 is 24.2 Å². The van der Waals surface area contributed by atoms with Crippen LogP contribution in [0, 0.1) is 17.8 Å². The molecule has 0 aliphatic carbocycles. The summed E-state index contributed by atoms with van der Waals surface area (Å²) < 4.78 is 4.94. The molecule has 2 bridgehead atoms. The highest BCUT2D eigenvalue weighted by Gasteiger charge is 2.77. The van der Waals surface area contributed by atoms with E-state index in [4.69, 9.17) is 4.74 Å². The first-order valence-electron chi connectivity index (χ1n) is 13.6. The third kappa shape index (κ3) is 4.93. The summed E-state index contributed by atoms with van der Waals surface area (Å²) in [7, 11) is 0. The number of esters is 1. The minimum absolute atomic E-state index is 0.0511. The molecule has 0 radical (unpaired) electrons. The van der Waals surface area contributed by atoms with Crippen molar-refractivity contribution in [3.8, 4) is 0 Å². The molecular formula is C30H40N2O5S. The molecule has 3 fully saturated rings. The van der Waals surface area contributed by atoms with Crippen LogP contribution < -0.4 is 0 Å². The number of amides is 2. The van der Waals surface area contributed by atoms with Gasteiger partial charge in [0.15, 0.2) is 0 Å². The molecule has 1 N–H and O–H groups in total. The molecule has 1 aromatic carbocycles. The second-order valence-corrected chi connectivity index (χ2v) is 12.3. The first-order valence-corrected chi connectivity index (χ1v) is 14.5. The Morgan fingerprint density at radius 1 is 1.26 bits per heavy atom. The maximum atomic E-state index is 14.4. The largest absolute Gasteiger partial charge is 0.465 e. The van der Waals surface area contributed by atoms with Gasteiger partial charge < -0.3 is 19.6 Å². The van der Waals surface area contributed by atoms with Crippen molar-refractivity contribution in [2.45, 2.75) is 68.2 Å². The predicted molar refractivity (Wildman–Crippen MR) is 149 cm³/mol. The summed E-state index contributed by atoms with van der Waals surface area (Å²) in [6, 6.07) is 8.41. The maximum Gasteiger partial charge on any atom is 0.310 e. The number of rotatable bonds is 13. The van der Waals surface area contributed by atoms with Gasteiger partial charge in [-0.2, -0.15) is 0 Å². The number of unbranched alkanes of at least 4 members (excludes halogenated alkanes) is 2. The zero-order valence-electron chi connectivity index (χ0n) is 22.5. The Morgan fingerprint density at radius 3 is 2.66 bits per heavy atom. The molecule has 3 aliphatic rings. The Labute approximate surface area is 230 Å². The maximum absolute atomic E-state index is 14.4. The first kappa shape index (κ1) is 28.4. The number of fused-ring (bicyclic) bond motifs is 1. The van der Waals surface area contributed by atoms with E-state index in [-0.39, 0.29) is 35.6 Å². The van der Waals surface area contributed by atoms with E-state index in [0.717, 1.165) is 31.2 Å². The normalized spacial score (nSPS) is 30.1. The van der Waals surface area contributed by atoms with Crippen LogP contribution in [0.25, 0.3) is 0 Å². The van der Waals surface area contributed by atoms with Gasteiger partial charge in [0.05, 0.1) is 35.8 Å². The molecule has 3 aliphatic heterocycles. The predicted octanol–water partition coefficient (Wildman–Crippen LogP) is 3.82. The number of hydrogen-bond acceptors (Lipinski definition) is 6. The van der Waals surface area contributed by atoms with Gasteiger partial charge in [0.25, 0.3) is 0 Å². The van der Waals surface area contributed by atoms with Crippen LogP contribution in [0.4, 0.5) is 0 Å². The molecule has 1 spiro atoms. The lowest BCUT2D eigenvalue weighted by atomic mass is 9.66. The molecule has 7 atom stereocenters. The molecule has 2 amide bonds. The van der Waals surface area contributed by atoms with Gasteiger partial charge in [0, 0.05) is 18.3 Å². The minimum atomic E-state index is -0.777. The van der Waals surface area contributed by atoms with Crippen LogP contribution in [0.5, 0.6) is 0 Å². The molecule has 8 heteroatoms. The van der Waals surface area contributed by atoms with Gasteiger partial charge in [0.2, 0.25) is 11.8 Å². The van der Waals surface area contributed by atoms with Gasteiger partial charge >= 0.3 is 5.97 Å². The third-order valence-corrected chi connectivity index (χ3v) is 10.4. The number of aliphatic hydroxyl groups excluding tert-OH is 1. The average Bonchev–Trinajstić information content (AvgIpc) is 3.51. The van der Waals surface area contributed by atoms with Crippen LogP contribution in [0.2, 0.25) is 0 Å². The van der Waals surface area contributed by atoms with E-state index in [0.29, 0.717) is 19.7 Å². The zero-order chi connectivity index (χ0) is 27.4. The van der Waals surface area contributed by atoms with Crippen LogP contribution in [0.3, 0.4) is 0 Å². The molecular weight excluding hydrogens is 500 g/mol. The standard InChI is InChI=1S/C30H40N2O5S/c1-5-7-8-12-16-37-29(36)24-23-17-20(3)30(38-23)25(24)27(34)32(21(4)19-33)26(30)28(35)31(15-6-2)18-22-13-10-9-11-14-22/h5-6,9-11,13-14,20-21,23-26,33H,1-2,7-8,12,15-19H2,3-4H3/t20?,21-,23-,24+,25+,26?,30?/m1/s1. The quantitative estimate of drug-likeness (QED) is 0.233. The van der Waals surface area contributed by atoms with Crippen molar-refractivity contribution in [2.75, 3.05) is 19.8 Å². The number of hydrogen-bond donors (Lipinski definition) is 1. The Hall–Kier alpha value is -2.58. The number of likely N-dealkylation sites (tertiary alicyclic amines) is 1. The summed E-state index contributed by atoms with van der Waals surface area (Å²) in [5.41, 5.74) is 0.983. The molecule has 4 rings (SSSR count). The summed E-state index contributed by atoms with van der Waals surface area (Å²) >= 11 is 1.62. The Balaban J connectivity index is 1.66. The van der Waals surface area contributed by atoms with E-state index in [1.54, 1.807) is 34.6 Å². The third-order valence-electron chi connectivity index (χ3n) is 8.35. The fourth-order valence-electron chi connectivity index (χ4n) is 6.59. The molecule has 3 heterocycles. The van der Waals surface area contributed by atoms with Crippen LogP contribution in [0.15, 0.2) is 55.6 Å². The van der Waals surface area contributed by atoms with E-state index in [9.17, 15) is 19.5 Å². The number of allylic oxidation sites excluding steroid dienone is 1. The highest BCUT2D eigenvalue weighted by atomic mass is 32.2. The summed E-state index contributed by atoms with van der Waals surface area (Å²) in [5.74, 6) is -1.91. The van der Waals surface area contributed by atoms with Crippen molar-refractivity contribution in [3.63, 3.8) is 0 Å². The van der Waals surface area contributed by atoms with Crippen molar-refractivity contribution in [2.24, 2.45) is 17.8 Å². The summed E-state index contributed by atoms with van der Waals surface area (Å²) in [6.07, 6.45) is 6.79. The van der Waals surface area contributed by atoms with Crippen molar-refractivity contribution in [3.05, 3.63) is 61.2 Å². The molecule has 0 aromatic heterocycles. The fourth-order valence-corrected chi connectivity index (χ4v) is 8.98. The second-order valence-electron chi connectivity index (χ2n) is 10.8. The Morgan fingerprint density at radius 2 is 2.00 bits per heavy atom. The van der Waals surface area contributed by atoms with Gasteiger partial charge in [-0.05, 0) is 44.1 Å². The topological polar surface area (TPSA) is 87.1 Å². The Kier molecular flexibility index (Phi) is 9.04. The first-order chi connectivity index (χ1) is 18.3. The lowest BCUT2D eigenvalue weighted by molar-refractivity contribution is -0.155. The van der Waals surface area contributed by atoms with E-state index in [1.807, 2.05) is 36.4 Å². The summed E-state index contributed by atoms with van der Waals surface area (Å²) in [6.45, 7) is 12.2. The van der Waals surface area contributed by atoms with E-state index >= 15 is 0 Å². The molecule has 38 heavy (non-hydrogen) atoms. The van der Waals surface area contributed by atoms with Gasteiger partial charge in [-0.15, -0.1) is 24.9 Å². The van der Waals surface area contributed by atoms with Crippen LogP contribution in [-0.2, 0) is 25.7 Å². The molecule has 3 saturated heterocycles. The van der Waals surface area contributed by atoms with Crippen molar-refractivity contribution in [1.29, 1.82) is 0 Å². The highest BCUT2D eigenvalue weighted by molar-refractivity contribution is 8.02. The second kappa shape index (κ2) is 12.1. The number of benzene rings is 1. The van der Waals surface area contributed by atoms with E-state index < -0.39 is 28.7 Å². The summed E-state index contributed by atoms with van der Waals surface area (Å²) in [5, 5.41) is 10.0. The molecule has 0 saturated carbocycles. The number of ether oxygens (including phenoxy) is 1. The molecule has 1 aromatic rings. The van der Waals surface area contributed by atoms with Gasteiger partial charge in [-0.25, -0.2) is 0 Å². The number of aliphatic hydroxyl groups is 1. The molecule has 7 nitrogen and oxygen atoms in total. The smallest absolute Gasteiger partial charge is 0.310 e. The fraction of sp³-hybridized carbons (Fsp3) is 0.567. The monoisotopic (exact) mass is 540 g/mol. The minimum Gasteiger partial charge on any atom is -0.465 e. The number of nitrogens with zero attached hydrogens (tertiary/aromatic N) is 2. The van der Waals surface area contributed by atoms with E-state index in [1.165, 1.54) is 0 Å². The van der Waals surface area contributed by atoms with E-state index in [2.05, 4.69) is 20.1 Å². The summed E-state index contributed by atoms with van der Waals surface area (Å²) in [4.78, 5) is 45.2. The van der Waals surface area contributed by atoms with Gasteiger partial charge in [0.1, 0.15) is 6.04 Å². The lowest BCUT2D eigenvalue weighted by Gasteiger charge is -2.41. The van der Waals surface area contributed by atoms with Gasteiger partial charge in [-0.1, -0.05) is 49.4 Å². The van der Waals surface area contributed by atoms with Crippen LogP contribution in [-0.4, -0.2) is 74.5 Å². The van der Waals surface area contributed by atoms with Crippen molar-refractivity contribution >= 4 is 29.5 Å². The van der Waals surface area contributed by atoms with Crippen LogP contribution in [0.1, 0.15) is 45.1 Å². The zero-order valence-corrected chi connectivity index (χ0v) is 23.3. The molecule has 3 unspecified atom stereocenters.